The second-order valence-electron chi connectivity index (χ2n) is 11.0. The summed E-state index contributed by atoms with van der Waals surface area (Å²) in [5.74, 6) is -3.41. The van der Waals surface area contributed by atoms with Crippen molar-refractivity contribution in [2.24, 2.45) is 5.41 Å². The molecular formula is C27H33ClF2N2O4. The molecule has 1 fully saturated rings. The minimum atomic E-state index is -1.92. The Labute approximate surface area is 215 Å². The molecule has 0 aliphatic carbocycles. The lowest BCUT2D eigenvalue weighted by atomic mass is 9.80. The van der Waals surface area contributed by atoms with Crippen molar-refractivity contribution in [1.82, 2.24) is 4.98 Å². The fourth-order valence-electron chi connectivity index (χ4n) is 4.72. The number of carbonyl (C=O) groups is 2. The number of ether oxygens (including phenoxy) is 1. The van der Waals surface area contributed by atoms with E-state index in [0.29, 0.717) is 25.1 Å². The molecule has 2 aromatic rings. The van der Waals surface area contributed by atoms with E-state index in [0.717, 1.165) is 25.0 Å². The van der Waals surface area contributed by atoms with Gasteiger partial charge in [0.15, 0.2) is 23.5 Å². The zero-order chi connectivity index (χ0) is 27.1. The molecule has 0 radical (unpaired) electrons. The highest BCUT2D eigenvalue weighted by Gasteiger charge is 2.49. The molecule has 1 unspecified atom stereocenters. The van der Waals surface area contributed by atoms with Gasteiger partial charge in [-0.05, 0) is 63.1 Å². The Morgan fingerprint density at radius 3 is 2.31 bits per heavy atom. The molecule has 3 rings (SSSR count). The average molecular weight is 523 g/mol. The minimum absolute atomic E-state index is 0.00495. The largest absolute Gasteiger partial charge is 0.479 e. The highest BCUT2D eigenvalue weighted by Crippen LogP contribution is 2.49. The molecule has 1 atom stereocenters. The van der Waals surface area contributed by atoms with E-state index in [-0.39, 0.29) is 39.4 Å². The highest BCUT2D eigenvalue weighted by molar-refractivity contribution is 6.31. The number of aliphatic carboxylic acids is 1. The molecule has 1 aromatic heterocycles. The van der Waals surface area contributed by atoms with E-state index in [2.05, 4.69) is 18.8 Å². The van der Waals surface area contributed by atoms with Gasteiger partial charge in [-0.15, -0.1) is 0 Å². The lowest BCUT2D eigenvalue weighted by molar-refractivity contribution is -0.188. The number of nitrogens with zero attached hydrogens (tertiary/aromatic N) is 2. The number of aldehydes is 1. The van der Waals surface area contributed by atoms with Crippen molar-refractivity contribution in [3.05, 3.63) is 46.2 Å². The first kappa shape index (κ1) is 28.0. The Kier molecular flexibility index (Phi) is 7.82. The molecule has 0 spiro atoms. The van der Waals surface area contributed by atoms with E-state index in [1.807, 2.05) is 4.90 Å². The first-order valence-corrected chi connectivity index (χ1v) is 12.4. The van der Waals surface area contributed by atoms with Gasteiger partial charge >= 0.3 is 5.97 Å². The number of aromatic nitrogens is 1. The van der Waals surface area contributed by atoms with Crippen LogP contribution in [-0.4, -0.2) is 41.0 Å². The van der Waals surface area contributed by atoms with Crippen LogP contribution in [0.5, 0.6) is 0 Å². The SMILES string of the molecule is CCC(OC(C)(C)C)(C(=O)O)c1c(Cl)nc(C=O)c(-c2ccc(F)c(F)c2)c1N1CCC(C)(C)CC1. The number of pyridine rings is 1. The zero-order valence-corrected chi connectivity index (χ0v) is 22.3. The Balaban J connectivity index is 2.48. The topological polar surface area (TPSA) is 79.7 Å². The Bertz CT molecular complexity index is 1170. The number of hydrogen-bond donors (Lipinski definition) is 1. The summed E-state index contributed by atoms with van der Waals surface area (Å²) in [4.78, 5) is 31.3. The molecule has 0 bridgehead atoms. The maximum absolute atomic E-state index is 14.4. The van der Waals surface area contributed by atoms with Crippen LogP contribution in [0.2, 0.25) is 5.15 Å². The third-order valence-corrected chi connectivity index (χ3v) is 6.91. The number of hydrogen-bond acceptors (Lipinski definition) is 5. The van der Waals surface area contributed by atoms with Crippen molar-refractivity contribution >= 4 is 29.5 Å². The normalized spacial score (nSPS) is 17.5. The van der Waals surface area contributed by atoms with Gasteiger partial charge in [-0.2, -0.15) is 0 Å². The summed E-state index contributed by atoms with van der Waals surface area (Å²) in [6.07, 6.45) is 2.06. The first-order chi connectivity index (χ1) is 16.7. The first-order valence-electron chi connectivity index (χ1n) is 12.0. The van der Waals surface area contributed by atoms with Gasteiger partial charge in [-0.1, -0.05) is 38.4 Å². The number of carboxylic acids is 1. The van der Waals surface area contributed by atoms with Crippen molar-refractivity contribution < 1.29 is 28.2 Å². The number of carboxylic acid groups (broad SMARTS) is 1. The Hall–Kier alpha value is -2.58. The van der Waals surface area contributed by atoms with Crippen LogP contribution >= 0.6 is 11.6 Å². The standard InChI is InChI=1S/C27H33ClF2N2O4/c1-7-27(24(34)35,36-25(2,3)4)21-22(32-12-10-26(5,6)11-13-32)20(19(15-33)31-23(21)28)16-8-9-17(29)18(30)14-16/h8-9,14-15H,7,10-13H2,1-6H3,(H,34,35). The van der Waals surface area contributed by atoms with E-state index < -0.39 is 28.8 Å². The molecular weight excluding hydrogens is 490 g/mol. The van der Waals surface area contributed by atoms with E-state index in [1.165, 1.54) is 6.07 Å². The third kappa shape index (κ3) is 5.39. The maximum atomic E-state index is 14.4. The Morgan fingerprint density at radius 2 is 1.83 bits per heavy atom. The fourth-order valence-corrected chi connectivity index (χ4v) is 5.05. The van der Waals surface area contributed by atoms with Crippen LogP contribution in [0.3, 0.4) is 0 Å². The average Bonchev–Trinajstić information content (AvgIpc) is 2.78. The van der Waals surface area contributed by atoms with Gasteiger partial charge in [-0.25, -0.2) is 18.6 Å². The molecule has 36 heavy (non-hydrogen) atoms. The van der Waals surface area contributed by atoms with E-state index >= 15 is 0 Å². The Morgan fingerprint density at radius 1 is 1.22 bits per heavy atom. The molecule has 1 aromatic carbocycles. The van der Waals surface area contributed by atoms with Gasteiger partial charge in [0.2, 0.25) is 0 Å². The van der Waals surface area contributed by atoms with Gasteiger partial charge in [0, 0.05) is 18.7 Å². The van der Waals surface area contributed by atoms with Gasteiger partial charge in [0.05, 0.1) is 16.9 Å². The summed E-state index contributed by atoms with van der Waals surface area (Å²) in [6.45, 7) is 12.2. The number of benzene rings is 1. The summed E-state index contributed by atoms with van der Waals surface area (Å²) in [6, 6.07) is 3.29. The molecule has 9 heteroatoms. The number of carbonyl (C=O) groups excluding carboxylic acids is 1. The quantitative estimate of drug-likeness (QED) is 0.325. The highest BCUT2D eigenvalue weighted by atomic mass is 35.5. The van der Waals surface area contributed by atoms with E-state index in [9.17, 15) is 23.5 Å². The summed E-state index contributed by atoms with van der Waals surface area (Å²) in [5, 5.41) is 10.3. The third-order valence-electron chi connectivity index (χ3n) is 6.64. The van der Waals surface area contributed by atoms with Gasteiger partial charge in [-0.3, -0.25) is 4.79 Å². The van der Waals surface area contributed by atoms with Crippen LogP contribution in [-0.2, 0) is 15.1 Å². The zero-order valence-electron chi connectivity index (χ0n) is 21.5. The second-order valence-corrected chi connectivity index (χ2v) is 11.3. The monoisotopic (exact) mass is 522 g/mol. The van der Waals surface area contributed by atoms with Crippen LogP contribution < -0.4 is 4.90 Å². The van der Waals surface area contributed by atoms with Crippen molar-refractivity contribution in [3.8, 4) is 11.1 Å². The summed E-state index contributed by atoms with van der Waals surface area (Å²) >= 11 is 6.67. The number of anilines is 1. The molecule has 1 aliphatic rings. The van der Waals surface area contributed by atoms with Crippen molar-refractivity contribution in [2.75, 3.05) is 18.0 Å². The van der Waals surface area contributed by atoms with E-state index in [1.54, 1.807) is 27.7 Å². The number of rotatable bonds is 7. The lowest BCUT2D eigenvalue weighted by Gasteiger charge is -2.43. The van der Waals surface area contributed by atoms with Crippen LogP contribution in [0.1, 0.15) is 76.9 Å². The van der Waals surface area contributed by atoms with E-state index in [4.69, 9.17) is 16.3 Å². The molecule has 2 heterocycles. The lowest BCUT2D eigenvalue weighted by Crippen LogP contribution is -2.46. The molecule has 196 valence electrons. The number of piperidine rings is 1. The molecule has 6 nitrogen and oxygen atoms in total. The van der Waals surface area contributed by atoms with Crippen LogP contribution in [0.4, 0.5) is 14.5 Å². The number of halogens is 3. The van der Waals surface area contributed by atoms with Crippen molar-refractivity contribution in [3.63, 3.8) is 0 Å². The smallest absolute Gasteiger partial charge is 0.340 e. The van der Waals surface area contributed by atoms with Crippen LogP contribution in [0.25, 0.3) is 11.1 Å². The van der Waals surface area contributed by atoms with Gasteiger partial charge in [0.1, 0.15) is 10.8 Å². The van der Waals surface area contributed by atoms with Crippen molar-refractivity contribution in [1.29, 1.82) is 0 Å². The summed E-state index contributed by atoms with van der Waals surface area (Å²) in [5.41, 5.74) is -2.03. The minimum Gasteiger partial charge on any atom is -0.479 e. The summed E-state index contributed by atoms with van der Waals surface area (Å²) in [7, 11) is 0. The maximum Gasteiger partial charge on any atom is 0.340 e. The van der Waals surface area contributed by atoms with Crippen LogP contribution in [0, 0.1) is 17.0 Å². The predicted octanol–water partition coefficient (Wildman–Crippen LogP) is 6.62. The fraction of sp³-hybridized carbons (Fsp3) is 0.519. The summed E-state index contributed by atoms with van der Waals surface area (Å²) < 4.78 is 34.4. The van der Waals surface area contributed by atoms with Gasteiger partial charge in [0.25, 0.3) is 0 Å². The molecule has 1 aliphatic heterocycles. The molecule has 0 saturated carbocycles. The van der Waals surface area contributed by atoms with Crippen LogP contribution in [0.15, 0.2) is 18.2 Å². The van der Waals surface area contributed by atoms with Gasteiger partial charge < -0.3 is 14.7 Å². The molecule has 1 N–H and O–H groups in total. The molecule has 0 amide bonds. The van der Waals surface area contributed by atoms with Crippen molar-refractivity contribution in [2.45, 2.75) is 72.0 Å². The second kappa shape index (κ2) is 10.1. The predicted molar refractivity (Wildman–Crippen MR) is 136 cm³/mol. The molecule has 1 saturated heterocycles.